The van der Waals surface area contributed by atoms with E-state index in [1.165, 1.54) is 12.1 Å². The van der Waals surface area contributed by atoms with Crippen molar-refractivity contribution in [2.45, 2.75) is 26.3 Å². The first-order chi connectivity index (χ1) is 8.67. The Bertz CT molecular complexity index is 618. The number of halogens is 1. The molecule has 2 rings (SSSR count). The molecule has 0 aliphatic carbocycles. The van der Waals surface area contributed by atoms with Crippen LogP contribution in [0.15, 0.2) is 22.6 Å². The normalized spacial score (nSPS) is 12.2. The molecule has 94 valence electrons. The Labute approximate surface area is 106 Å². The molecule has 1 unspecified atom stereocenters. The van der Waals surface area contributed by atoms with Gasteiger partial charge in [-0.2, -0.15) is 0 Å². The highest BCUT2D eigenvalue weighted by molar-refractivity contribution is 5.82. The molecule has 1 N–H and O–H groups in total. The Hall–Kier alpha value is -1.79. The predicted molar refractivity (Wildman–Crippen MR) is 70.8 cm³/mol. The van der Waals surface area contributed by atoms with Crippen LogP contribution in [0.1, 0.15) is 30.7 Å². The number of rotatable bonds is 3. The van der Waals surface area contributed by atoms with E-state index in [0.29, 0.717) is 12.0 Å². The van der Waals surface area contributed by atoms with Gasteiger partial charge in [-0.05, 0) is 39.1 Å². The average molecular weight is 245 g/mol. The average Bonchev–Trinajstić information content (AvgIpc) is 2.68. The number of hydrogen-bond acceptors (Lipinski definition) is 2. The molecule has 0 bridgehead atoms. The van der Waals surface area contributed by atoms with Crippen molar-refractivity contribution in [3.8, 4) is 11.8 Å². The molecule has 1 aromatic heterocycles. The lowest BCUT2D eigenvalue weighted by Crippen LogP contribution is -2.15. The van der Waals surface area contributed by atoms with Crippen molar-refractivity contribution in [2.75, 3.05) is 7.05 Å². The summed E-state index contributed by atoms with van der Waals surface area (Å²) in [5.41, 5.74) is 1.69. The summed E-state index contributed by atoms with van der Waals surface area (Å²) < 4.78 is 19.0. The topological polar surface area (TPSA) is 25.2 Å². The lowest BCUT2D eigenvalue weighted by molar-refractivity contribution is 0.455. The molecule has 0 saturated heterocycles. The first-order valence-corrected chi connectivity index (χ1v) is 5.92. The third-order valence-electron chi connectivity index (χ3n) is 3.08. The number of aryl methyl sites for hydroxylation is 1. The summed E-state index contributed by atoms with van der Waals surface area (Å²) >= 11 is 0. The zero-order valence-electron chi connectivity index (χ0n) is 10.8. The van der Waals surface area contributed by atoms with Crippen molar-refractivity contribution in [1.82, 2.24) is 5.32 Å². The third kappa shape index (κ3) is 2.25. The smallest absolute Gasteiger partial charge is 0.134 e. The van der Waals surface area contributed by atoms with E-state index < -0.39 is 0 Å². The Morgan fingerprint density at radius 1 is 1.44 bits per heavy atom. The van der Waals surface area contributed by atoms with E-state index in [4.69, 9.17) is 4.42 Å². The van der Waals surface area contributed by atoms with E-state index in [-0.39, 0.29) is 11.9 Å². The van der Waals surface area contributed by atoms with E-state index in [1.807, 2.05) is 20.9 Å². The third-order valence-corrected chi connectivity index (χ3v) is 3.08. The van der Waals surface area contributed by atoms with Gasteiger partial charge in [-0.25, -0.2) is 4.39 Å². The van der Waals surface area contributed by atoms with Crippen LogP contribution in [0.3, 0.4) is 0 Å². The van der Waals surface area contributed by atoms with Crippen LogP contribution in [0.5, 0.6) is 0 Å². The van der Waals surface area contributed by atoms with Gasteiger partial charge in [0.1, 0.15) is 17.2 Å². The van der Waals surface area contributed by atoms with E-state index in [2.05, 4.69) is 17.2 Å². The van der Waals surface area contributed by atoms with Gasteiger partial charge in [-0.15, -0.1) is 11.8 Å². The molecule has 2 aromatic rings. The SMILES string of the molecule is CC#CCC(NC)c1oc2ccc(F)cc2c1C. The Kier molecular flexibility index (Phi) is 3.69. The summed E-state index contributed by atoms with van der Waals surface area (Å²) in [6.45, 7) is 3.76. The number of nitrogens with one attached hydrogen (secondary N) is 1. The van der Waals surface area contributed by atoms with E-state index in [0.717, 1.165) is 16.7 Å². The van der Waals surface area contributed by atoms with Crippen LogP contribution in [-0.2, 0) is 0 Å². The van der Waals surface area contributed by atoms with Crippen LogP contribution >= 0.6 is 0 Å². The minimum atomic E-state index is -0.243. The minimum absolute atomic E-state index is 0.0351. The highest BCUT2D eigenvalue weighted by atomic mass is 19.1. The molecular formula is C15H16FNO. The second-order valence-electron chi connectivity index (χ2n) is 4.20. The summed E-state index contributed by atoms with van der Waals surface area (Å²) in [5.74, 6) is 6.50. The van der Waals surface area contributed by atoms with Crippen LogP contribution in [-0.4, -0.2) is 7.05 Å². The quantitative estimate of drug-likeness (QED) is 0.836. The van der Waals surface area contributed by atoms with Gasteiger partial charge in [0.2, 0.25) is 0 Å². The zero-order chi connectivity index (χ0) is 13.1. The van der Waals surface area contributed by atoms with Gasteiger partial charge in [0.25, 0.3) is 0 Å². The van der Waals surface area contributed by atoms with Crippen LogP contribution in [0, 0.1) is 24.6 Å². The lowest BCUT2D eigenvalue weighted by atomic mass is 10.1. The fourth-order valence-electron chi connectivity index (χ4n) is 2.07. The van der Waals surface area contributed by atoms with Crippen molar-refractivity contribution in [1.29, 1.82) is 0 Å². The summed E-state index contributed by atoms with van der Waals surface area (Å²) in [4.78, 5) is 0. The molecule has 3 heteroatoms. The summed E-state index contributed by atoms with van der Waals surface area (Å²) in [7, 11) is 1.87. The highest BCUT2D eigenvalue weighted by Crippen LogP contribution is 2.31. The molecule has 18 heavy (non-hydrogen) atoms. The van der Waals surface area contributed by atoms with Crippen LogP contribution in [0.4, 0.5) is 4.39 Å². The van der Waals surface area contributed by atoms with Gasteiger partial charge in [0, 0.05) is 17.4 Å². The molecule has 1 atom stereocenters. The van der Waals surface area contributed by atoms with E-state index in [9.17, 15) is 4.39 Å². The Morgan fingerprint density at radius 3 is 2.89 bits per heavy atom. The first kappa shape index (κ1) is 12.7. The Morgan fingerprint density at radius 2 is 2.22 bits per heavy atom. The second kappa shape index (κ2) is 5.24. The second-order valence-corrected chi connectivity index (χ2v) is 4.20. The fraction of sp³-hybridized carbons (Fsp3) is 0.333. The largest absolute Gasteiger partial charge is 0.459 e. The molecule has 2 nitrogen and oxygen atoms in total. The van der Waals surface area contributed by atoms with Crippen molar-refractivity contribution in [2.24, 2.45) is 0 Å². The van der Waals surface area contributed by atoms with Gasteiger partial charge in [0.15, 0.2) is 0 Å². The van der Waals surface area contributed by atoms with Crippen LogP contribution < -0.4 is 5.32 Å². The molecule has 0 saturated carbocycles. The maximum atomic E-state index is 13.2. The van der Waals surface area contributed by atoms with E-state index >= 15 is 0 Å². The fourth-order valence-corrected chi connectivity index (χ4v) is 2.07. The van der Waals surface area contributed by atoms with Crippen LogP contribution in [0.25, 0.3) is 11.0 Å². The maximum absolute atomic E-state index is 13.2. The van der Waals surface area contributed by atoms with Crippen molar-refractivity contribution in [3.05, 3.63) is 35.3 Å². The molecular weight excluding hydrogens is 229 g/mol. The number of fused-ring (bicyclic) bond motifs is 1. The summed E-state index contributed by atoms with van der Waals surface area (Å²) in [5, 5.41) is 4.01. The van der Waals surface area contributed by atoms with Crippen LogP contribution in [0.2, 0.25) is 0 Å². The maximum Gasteiger partial charge on any atom is 0.134 e. The molecule has 0 aliphatic rings. The molecule has 0 amide bonds. The van der Waals surface area contributed by atoms with E-state index in [1.54, 1.807) is 6.07 Å². The monoisotopic (exact) mass is 245 g/mol. The minimum Gasteiger partial charge on any atom is -0.459 e. The zero-order valence-corrected chi connectivity index (χ0v) is 10.8. The van der Waals surface area contributed by atoms with Gasteiger partial charge >= 0.3 is 0 Å². The summed E-state index contributed by atoms with van der Waals surface area (Å²) in [6.07, 6.45) is 0.677. The van der Waals surface area contributed by atoms with Gasteiger partial charge in [0.05, 0.1) is 6.04 Å². The van der Waals surface area contributed by atoms with Crippen molar-refractivity contribution < 1.29 is 8.81 Å². The van der Waals surface area contributed by atoms with Gasteiger partial charge < -0.3 is 9.73 Å². The van der Waals surface area contributed by atoms with Gasteiger partial charge in [-0.1, -0.05) is 0 Å². The predicted octanol–water partition coefficient (Wildman–Crippen LogP) is 3.55. The highest BCUT2D eigenvalue weighted by Gasteiger charge is 2.18. The van der Waals surface area contributed by atoms with Gasteiger partial charge in [-0.3, -0.25) is 0 Å². The molecule has 0 fully saturated rings. The lowest BCUT2D eigenvalue weighted by Gasteiger charge is -2.10. The summed E-state index contributed by atoms with van der Waals surface area (Å²) in [6, 6.07) is 4.62. The molecule has 0 radical (unpaired) electrons. The molecule has 1 aromatic carbocycles. The Balaban J connectivity index is 2.49. The van der Waals surface area contributed by atoms with Crippen molar-refractivity contribution in [3.63, 3.8) is 0 Å². The van der Waals surface area contributed by atoms with Crippen molar-refractivity contribution >= 4 is 11.0 Å². The molecule has 0 spiro atoms. The standard InChI is InChI=1S/C15H16FNO/c1-4-5-6-13(17-3)15-10(2)12-9-11(16)7-8-14(12)18-15/h7-9,13,17H,6H2,1-3H3. The molecule has 0 aliphatic heterocycles. The first-order valence-electron chi connectivity index (χ1n) is 5.92. The number of benzene rings is 1. The number of hydrogen-bond donors (Lipinski definition) is 1. The number of furan rings is 1. The molecule has 1 heterocycles.